The monoisotopic (exact) mass is 324 g/mol. The number of hydrogen-bond acceptors (Lipinski definition) is 6. The third-order valence-corrected chi connectivity index (χ3v) is 2.73. The molecule has 8 nitrogen and oxygen atoms in total. The lowest BCUT2D eigenvalue weighted by molar-refractivity contribution is 0.0530. The van der Waals surface area contributed by atoms with Gasteiger partial charge in [0.25, 0.3) is 0 Å². The van der Waals surface area contributed by atoms with Gasteiger partial charge in [-0.2, -0.15) is 0 Å². The van der Waals surface area contributed by atoms with E-state index in [0.29, 0.717) is 30.2 Å². The number of carbonyl (C=O) groups is 2. The largest absolute Gasteiger partial charge is 0.494 e. The first-order valence-corrected chi connectivity index (χ1v) is 7.12. The number of nitrogens with two attached hydrogens (primary N) is 2. The van der Waals surface area contributed by atoms with E-state index in [1.807, 2.05) is 0 Å². The molecule has 0 radical (unpaired) electrons. The van der Waals surface area contributed by atoms with Crippen molar-refractivity contribution < 1.29 is 19.1 Å². The average molecular weight is 324 g/mol. The lowest BCUT2D eigenvalue weighted by Crippen LogP contribution is -2.35. The van der Waals surface area contributed by atoms with Crippen LogP contribution >= 0.6 is 0 Å². The van der Waals surface area contributed by atoms with Crippen LogP contribution in [0.1, 0.15) is 31.1 Å². The fraction of sp³-hybridized carbons (Fsp3) is 0.467. The van der Waals surface area contributed by atoms with E-state index in [1.54, 1.807) is 20.8 Å². The molecule has 0 bridgehead atoms. The van der Waals surface area contributed by atoms with E-state index in [2.05, 4.69) is 10.6 Å². The molecule has 0 unspecified atom stereocenters. The molecule has 0 heterocycles. The Morgan fingerprint density at radius 2 is 1.87 bits per heavy atom. The smallest absolute Gasteiger partial charge is 0.407 e. The van der Waals surface area contributed by atoms with Crippen molar-refractivity contribution in [1.29, 1.82) is 0 Å². The number of alkyl carbamates (subject to hydrolysis) is 1. The molecule has 2 amide bonds. The predicted octanol–water partition coefficient (Wildman–Crippen LogP) is 1.31. The summed E-state index contributed by atoms with van der Waals surface area (Å²) in [6, 6.07) is 2.97. The zero-order chi connectivity index (χ0) is 17.6. The van der Waals surface area contributed by atoms with Crippen molar-refractivity contribution in [3.63, 3.8) is 0 Å². The Kier molecular flexibility index (Phi) is 6.06. The topological polar surface area (TPSA) is 129 Å². The molecule has 1 rings (SSSR count). The molecule has 0 spiro atoms. The maximum Gasteiger partial charge on any atom is 0.407 e. The molecular formula is C15H24N4O4. The summed E-state index contributed by atoms with van der Waals surface area (Å²) in [5, 5.41) is 5.66. The molecule has 0 aromatic heterocycles. The van der Waals surface area contributed by atoms with Crippen LogP contribution in [0.4, 0.5) is 16.2 Å². The summed E-state index contributed by atoms with van der Waals surface area (Å²) < 4.78 is 10.3. The minimum atomic E-state index is -0.590. The zero-order valence-corrected chi connectivity index (χ0v) is 13.9. The number of hydrogen-bond donors (Lipinski definition) is 4. The van der Waals surface area contributed by atoms with Crippen LogP contribution in [-0.2, 0) is 4.74 Å². The van der Waals surface area contributed by atoms with E-state index in [1.165, 1.54) is 19.2 Å². The van der Waals surface area contributed by atoms with Gasteiger partial charge < -0.3 is 31.6 Å². The predicted molar refractivity (Wildman–Crippen MR) is 88.7 cm³/mol. The van der Waals surface area contributed by atoms with Crippen molar-refractivity contribution in [1.82, 2.24) is 5.32 Å². The molecular weight excluding hydrogens is 300 g/mol. The minimum absolute atomic E-state index is 0.261. The molecule has 0 fully saturated rings. The molecule has 0 aliphatic heterocycles. The van der Waals surface area contributed by atoms with Gasteiger partial charge in [0.2, 0.25) is 5.91 Å². The summed E-state index contributed by atoms with van der Waals surface area (Å²) in [6.07, 6.45) is -0.497. The Bertz CT molecular complexity index is 582. The number of ether oxygens (including phenoxy) is 2. The second-order valence-corrected chi connectivity index (χ2v) is 5.86. The normalized spacial score (nSPS) is 10.8. The minimum Gasteiger partial charge on any atom is -0.494 e. The summed E-state index contributed by atoms with van der Waals surface area (Å²) >= 11 is 0. The number of carbonyl (C=O) groups excluding carboxylic acids is 2. The number of rotatable bonds is 6. The van der Waals surface area contributed by atoms with Gasteiger partial charge >= 0.3 is 6.09 Å². The van der Waals surface area contributed by atoms with Crippen molar-refractivity contribution in [2.45, 2.75) is 26.4 Å². The summed E-state index contributed by atoms with van der Waals surface area (Å²) in [6.45, 7) is 6.09. The SMILES string of the molecule is COc1cc(C(N)=O)cc(N)c1NCCNC(=O)OC(C)(C)C. The maximum atomic E-state index is 11.5. The highest BCUT2D eigenvalue weighted by Gasteiger charge is 2.16. The number of nitrogen functional groups attached to an aromatic ring is 1. The van der Waals surface area contributed by atoms with Gasteiger partial charge in [-0.3, -0.25) is 4.79 Å². The first-order valence-electron chi connectivity index (χ1n) is 7.12. The number of anilines is 2. The highest BCUT2D eigenvalue weighted by Crippen LogP contribution is 2.32. The van der Waals surface area contributed by atoms with E-state index in [4.69, 9.17) is 20.9 Å². The van der Waals surface area contributed by atoms with Crippen molar-refractivity contribution in [3.05, 3.63) is 17.7 Å². The Labute approximate surface area is 135 Å². The molecule has 0 saturated heterocycles. The number of amides is 2. The third-order valence-electron chi connectivity index (χ3n) is 2.73. The summed E-state index contributed by atoms with van der Waals surface area (Å²) in [7, 11) is 1.46. The van der Waals surface area contributed by atoms with Crippen molar-refractivity contribution in [3.8, 4) is 5.75 Å². The Morgan fingerprint density at radius 1 is 1.22 bits per heavy atom. The fourth-order valence-corrected chi connectivity index (χ4v) is 1.80. The first-order chi connectivity index (χ1) is 10.6. The number of primary amides is 1. The second-order valence-electron chi connectivity index (χ2n) is 5.86. The van der Waals surface area contributed by atoms with E-state index >= 15 is 0 Å². The third kappa shape index (κ3) is 5.93. The van der Waals surface area contributed by atoms with Gasteiger partial charge in [-0.05, 0) is 32.9 Å². The van der Waals surface area contributed by atoms with E-state index in [0.717, 1.165) is 0 Å². The van der Waals surface area contributed by atoms with Crippen LogP contribution in [0.2, 0.25) is 0 Å². The highest BCUT2D eigenvalue weighted by molar-refractivity contribution is 5.96. The zero-order valence-electron chi connectivity index (χ0n) is 13.9. The van der Waals surface area contributed by atoms with Gasteiger partial charge in [-0.15, -0.1) is 0 Å². The summed E-state index contributed by atoms with van der Waals surface area (Å²) in [5.74, 6) is -0.191. The van der Waals surface area contributed by atoms with E-state index in [9.17, 15) is 9.59 Å². The van der Waals surface area contributed by atoms with Crippen LogP contribution in [0.15, 0.2) is 12.1 Å². The van der Waals surface area contributed by atoms with Crippen LogP contribution in [0.3, 0.4) is 0 Å². The molecule has 6 N–H and O–H groups in total. The van der Waals surface area contributed by atoms with Crippen LogP contribution in [0.5, 0.6) is 5.75 Å². The molecule has 0 aliphatic rings. The molecule has 128 valence electrons. The van der Waals surface area contributed by atoms with Gasteiger partial charge in [-0.1, -0.05) is 0 Å². The molecule has 23 heavy (non-hydrogen) atoms. The maximum absolute atomic E-state index is 11.5. The number of benzene rings is 1. The van der Waals surface area contributed by atoms with Crippen molar-refractivity contribution >= 4 is 23.4 Å². The van der Waals surface area contributed by atoms with Crippen LogP contribution in [0.25, 0.3) is 0 Å². The Balaban J connectivity index is 2.61. The standard InChI is InChI=1S/C15H24N4O4/c1-15(2,3)23-14(21)19-6-5-18-12-10(16)7-9(13(17)20)8-11(12)22-4/h7-8,18H,5-6,16H2,1-4H3,(H2,17,20)(H,19,21). The Hall–Kier alpha value is -2.64. The number of methoxy groups -OCH3 is 1. The molecule has 1 aromatic rings. The van der Waals surface area contributed by atoms with E-state index < -0.39 is 17.6 Å². The number of nitrogens with one attached hydrogen (secondary N) is 2. The van der Waals surface area contributed by atoms with Crippen molar-refractivity contribution in [2.75, 3.05) is 31.2 Å². The van der Waals surface area contributed by atoms with Gasteiger partial charge in [0, 0.05) is 18.7 Å². The van der Waals surface area contributed by atoms with E-state index in [-0.39, 0.29) is 5.56 Å². The molecule has 0 aliphatic carbocycles. The summed E-state index contributed by atoms with van der Waals surface area (Å²) in [4.78, 5) is 22.7. The highest BCUT2D eigenvalue weighted by atomic mass is 16.6. The van der Waals surface area contributed by atoms with Gasteiger partial charge in [0.05, 0.1) is 12.8 Å². The molecule has 8 heteroatoms. The quantitative estimate of drug-likeness (QED) is 0.461. The van der Waals surface area contributed by atoms with Gasteiger partial charge in [0.15, 0.2) is 0 Å². The fourth-order valence-electron chi connectivity index (χ4n) is 1.80. The summed E-state index contributed by atoms with van der Waals surface area (Å²) in [5.41, 5.74) is 11.7. The van der Waals surface area contributed by atoms with Crippen LogP contribution < -0.4 is 26.8 Å². The van der Waals surface area contributed by atoms with Crippen molar-refractivity contribution in [2.24, 2.45) is 5.73 Å². The van der Waals surface area contributed by atoms with Crippen LogP contribution in [-0.4, -0.2) is 37.8 Å². The van der Waals surface area contributed by atoms with Gasteiger partial charge in [-0.25, -0.2) is 4.79 Å². The van der Waals surface area contributed by atoms with Crippen LogP contribution in [0, 0.1) is 0 Å². The Morgan fingerprint density at radius 3 is 2.39 bits per heavy atom. The lowest BCUT2D eigenvalue weighted by atomic mass is 10.1. The molecule has 0 atom stereocenters. The molecule has 0 saturated carbocycles. The van der Waals surface area contributed by atoms with Gasteiger partial charge in [0.1, 0.15) is 17.0 Å². The first kappa shape index (κ1) is 18.4. The second kappa shape index (κ2) is 7.57. The lowest BCUT2D eigenvalue weighted by Gasteiger charge is -2.20. The average Bonchev–Trinajstić information content (AvgIpc) is 2.42. The molecule has 1 aromatic carbocycles.